The van der Waals surface area contributed by atoms with Crippen molar-refractivity contribution in [1.29, 1.82) is 0 Å². The van der Waals surface area contributed by atoms with Crippen LogP contribution in [0.15, 0.2) is 36.5 Å². The van der Waals surface area contributed by atoms with Crippen molar-refractivity contribution in [3.05, 3.63) is 36.5 Å². The summed E-state index contributed by atoms with van der Waals surface area (Å²) in [5, 5.41) is 1.28. The molecule has 78 valence electrons. The van der Waals surface area contributed by atoms with E-state index in [0.717, 1.165) is 0 Å². The molecule has 1 N–H and O–H groups in total. The van der Waals surface area contributed by atoms with Crippen LogP contribution in [0.4, 0.5) is 0 Å². The molecule has 2 aromatic rings. The fraction of sp³-hybridized carbons (Fsp3) is 0.167. The molecular weight excluding hydrogens is 190 g/mol. The second-order valence-electron chi connectivity index (χ2n) is 3.18. The highest BCUT2D eigenvalue weighted by atomic mass is 16.2. The van der Waals surface area contributed by atoms with Gasteiger partial charge >= 0.3 is 0 Å². The minimum atomic E-state index is -0.380. The van der Waals surface area contributed by atoms with E-state index in [1.807, 2.05) is 18.3 Å². The minimum Gasteiger partial charge on any atom is -0.361 e. The summed E-state index contributed by atoms with van der Waals surface area (Å²) in [5.41, 5.74) is 1.21. The molecule has 0 radical (unpaired) electrons. The molecule has 3 heteroatoms. The van der Waals surface area contributed by atoms with Crippen molar-refractivity contribution >= 4 is 22.5 Å². The predicted molar refractivity (Wildman–Crippen MR) is 59.7 cm³/mol. The van der Waals surface area contributed by atoms with Crippen LogP contribution in [0.5, 0.6) is 0 Å². The van der Waals surface area contributed by atoms with Crippen LogP contribution >= 0.6 is 0 Å². The molecule has 0 aliphatic carbocycles. The van der Waals surface area contributed by atoms with Crippen LogP contribution < -0.4 is 0 Å². The number of aromatic nitrogens is 1. The van der Waals surface area contributed by atoms with Crippen LogP contribution in [0.1, 0.15) is 13.8 Å². The summed E-state index contributed by atoms with van der Waals surface area (Å²) in [6, 6.07) is 10.3. The molecule has 1 heterocycles. The standard InChI is InChI=1S/C8H7N.C4H6O2/c1-2-4-8-7(3-1)5-6-9-8;1-3(5)4(2)6/h1-6,9H;1-2H3. The van der Waals surface area contributed by atoms with Gasteiger partial charge in [0.25, 0.3) is 0 Å². The Bertz CT molecular complexity index is 429. The van der Waals surface area contributed by atoms with Gasteiger partial charge in [0.15, 0.2) is 11.6 Å². The van der Waals surface area contributed by atoms with Gasteiger partial charge in [-0.3, -0.25) is 9.59 Å². The number of hydrogen-bond donors (Lipinski definition) is 1. The van der Waals surface area contributed by atoms with E-state index in [2.05, 4.69) is 23.2 Å². The second kappa shape index (κ2) is 5.10. The minimum absolute atomic E-state index is 0.380. The average molecular weight is 203 g/mol. The SMILES string of the molecule is CC(=O)C(C)=O.c1ccc2[nH]ccc2c1. The molecule has 0 saturated heterocycles. The lowest BCUT2D eigenvalue weighted by molar-refractivity contribution is -0.134. The van der Waals surface area contributed by atoms with E-state index in [0.29, 0.717) is 0 Å². The van der Waals surface area contributed by atoms with Crippen molar-refractivity contribution in [2.75, 3.05) is 0 Å². The first kappa shape index (κ1) is 11.2. The van der Waals surface area contributed by atoms with E-state index in [1.165, 1.54) is 24.8 Å². The molecule has 3 nitrogen and oxygen atoms in total. The fourth-order valence-electron chi connectivity index (χ4n) is 0.995. The fourth-order valence-corrected chi connectivity index (χ4v) is 0.995. The monoisotopic (exact) mass is 203 g/mol. The first-order valence-electron chi connectivity index (χ1n) is 4.65. The van der Waals surface area contributed by atoms with Crippen molar-refractivity contribution in [3.8, 4) is 0 Å². The number of H-pyrrole nitrogens is 1. The number of carbonyl (C=O) groups excluding carboxylic acids is 2. The smallest absolute Gasteiger partial charge is 0.195 e. The van der Waals surface area contributed by atoms with Crippen LogP contribution in [-0.2, 0) is 9.59 Å². The summed E-state index contributed by atoms with van der Waals surface area (Å²) in [7, 11) is 0. The lowest BCUT2D eigenvalue weighted by Gasteiger charge is -1.83. The van der Waals surface area contributed by atoms with E-state index >= 15 is 0 Å². The van der Waals surface area contributed by atoms with Gasteiger partial charge in [-0.1, -0.05) is 18.2 Å². The van der Waals surface area contributed by atoms with E-state index in [4.69, 9.17) is 0 Å². The first-order valence-corrected chi connectivity index (χ1v) is 4.65. The number of carbonyl (C=O) groups is 2. The molecule has 0 aliphatic rings. The number of para-hydroxylation sites is 1. The summed E-state index contributed by atoms with van der Waals surface area (Å²) in [6.07, 6.45) is 1.95. The Morgan fingerprint density at radius 2 is 1.60 bits per heavy atom. The highest BCUT2D eigenvalue weighted by molar-refractivity contribution is 6.35. The molecule has 0 aliphatic heterocycles. The number of fused-ring (bicyclic) bond motifs is 1. The topological polar surface area (TPSA) is 49.9 Å². The molecule has 0 spiro atoms. The second-order valence-corrected chi connectivity index (χ2v) is 3.18. The van der Waals surface area contributed by atoms with Gasteiger partial charge in [0.1, 0.15) is 0 Å². The zero-order valence-electron chi connectivity index (χ0n) is 8.78. The average Bonchev–Trinajstić information content (AvgIpc) is 2.66. The highest BCUT2D eigenvalue weighted by Crippen LogP contribution is 2.09. The van der Waals surface area contributed by atoms with Gasteiger partial charge in [0.2, 0.25) is 0 Å². The maximum Gasteiger partial charge on any atom is 0.195 e. The van der Waals surface area contributed by atoms with E-state index < -0.39 is 0 Å². The summed E-state index contributed by atoms with van der Waals surface area (Å²) in [4.78, 5) is 22.7. The Morgan fingerprint density at radius 1 is 1.00 bits per heavy atom. The lowest BCUT2D eigenvalue weighted by atomic mass is 10.3. The number of nitrogens with one attached hydrogen (secondary N) is 1. The Labute approximate surface area is 88.1 Å². The van der Waals surface area contributed by atoms with Crippen LogP contribution in [0.25, 0.3) is 10.9 Å². The number of Topliss-reactive ketones (excluding diaryl/α,β-unsaturated/α-hetero) is 2. The van der Waals surface area contributed by atoms with Gasteiger partial charge in [0, 0.05) is 25.6 Å². The summed E-state index contributed by atoms with van der Waals surface area (Å²) >= 11 is 0. The Morgan fingerprint density at radius 3 is 2.13 bits per heavy atom. The Balaban J connectivity index is 0.000000167. The molecule has 0 bridgehead atoms. The third-order valence-corrected chi connectivity index (χ3v) is 1.96. The number of hydrogen-bond acceptors (Lipinski definition) is 2. The van der Waals surface area contributed by atoms with Crippen molar-refractivity contribution in [2.24, 2.45) is 0 Å². The van der Waals surface area contributed by atoms with Crippen LogP contribution in [0.2, 0.25) is 0 Å². The predicted octanol–water partition coefficient (Wildman–Crippen LogP) is 2.33. The molecule has 15 heavy (non-hydrogen) atoms. The summed E-state index contributed by atoms with van der Waals surface area (Å²) < 4.78 is 0. The van der Waals surface area contributed by atoms with Crippen molar-refractivity contribution in [1.82, 2.24) is 4.98 Å². The van der Waals surface area contributed by atoms with E-state index in [-0.39, 0.29) is 11.6 Å². The van der Waals surface area contributed by atoms with E-state index in [9.17, 15) is 9.59 Å². The third kappa shape index (κ3) is 3.38. The molecule has 0 unspecified atom stereocenters. The number of ketones is 2. The zero-order chi connectivity index (χ0) is 11.3. The largest absolute Gasteiger partial charge is 0.361 e. The van der Waals surface area contributed by atoms with Crippen molar-refractivity contribution in [3.63, 3.8) is 0 Å². The maximum absolute atomic E-state index is 9.79. The van der Waals surface area contributed by atoms with Gasteiger partial charge in [-0.15, -0.1) is 0 Å². The quantitative estimate of drug-likeness (QED) is 0.723. The van der Waals surface area contributed by atoms with E-state index in [1.54, 1.807) is 0 Å². The van der Waals surface area contributed by atoms with Crippen molar-refractivity contribution < 1.29 is 9.59 Å². The van der Waals surface area contributed by atoms with Gasteiger partial charge in [0.05, 0.1) is 0 Å². The van der Waals surface area contributed by atoms with Gasteiger partial charge < -0.3 is 4.98 Å². The highest BCUT2D eigenvalue weighted by Gasteiger charge is 1.94. The number of aromatic amines is 1. The molecule has 0 saturated carbocycles. The van der Waals surface area contributed by atoms with Gasteiger partial charge in [-0.25, -0.2) is 0 Å². The first-order chi connectivity index (χ1) is 7.11. The van der Waals surface area contributed by atoms with Crippen molar-refractivity contribution in [2.45, 2.75) is 13.8 Å². The van der Waals surface area contributed by atoms with Crippen LogP contribution in [0, 0.1) is 0 Å². The molecule has 0 fully saturated rings. The molecule has 2 rings (SSSR count). The Kier molecular flexibility index (Phi) is 3.80. The van der Waals surface area contributed by atoms with Crippen LogP contribution in [0.3, 0.4) is 0 Å². The summed E-state index contributed by atoms with van der Waals surface area (Å²) in [6.45, 7) is 2.50. The van der Waals surface area contributed by atoms with Gasteiger partial charge in [-0.2, -0.15) is 0 Å². The molecule has 1 aromatic heterocycles. The molecular formula is C12H13NO2. The summed E-state index contributed by atoms with van der Waals surface area (Å²) in [5.74, 6) is -0.759. The normalized spacial score (nSPS) is 9.20. The Hall–Kier alpha value is -1.90. The molecule has 1 aromatic carbocycles. The maximum atomic E-state index is 9.79. The number of rotatable bonds is 1. The lowest BCUT2D eigenvalue weighted by Crippen LogP contribution is -2.01. The zero-order valence-corrected chi connectivity index (χ0v) is 8.78. The number of benzene rings is 1. The molecule has 0 atom stereocenters. The molecule has 0 amide bonds. The van der Waals surface area contributed by atoms with Gasteiger partial charge in [-0.05, 0) is 17.5 Å². The third-order valence-electron chi connectivity index (χ3n) is 1.96. The van der Waals surface area contributed by atoms with Crippen LogP contribution in [-0.4, -0.2) is 16.6 Å².